The quantitative estimate of drug-likeness (QED) is 0.424. The molecule has 0 bridgehead atoms. The van der Waals surface area contributed by atoms with Gasteiger partial charge in [-0.25, -0.2) is 9.67 Å². The zero-order chi connectivity index (χ0) is 22.8. The minimum atomic E-state index is -4.10. The third kappa shape index (κ3) is 5.98. The Labute approximate surface area is 192 Å². The van der Waals surface area contributed by atoms with Gasteiger partial charge in [-0.05, 0) is 42.7 Å². The van der Waals surface area contributed by atoms with Crippen LogP contribution in [0.2, 0.25) is 10.0 Å². The zero-order valence-corrected chi connectivity index (χ0v) is 19.8. The van der Waals surface area contributed by atoms with Crippen LogP contribution in [0.1, 0.15) is 32.6 Å². The first-order chi connectivity index (χ1) is 14.5. The van der Waals surface area contributed by atoms with Gasteiger partial charge in [-0.3, -0.25) is 4.18 Å². The Kier molecular flexibility index (Phi) is 6.95. The number of hydrogen-bond acceptors (Lipinski definition) is 6. The van der Waals surface area contributed by atoms with Crippen molar-refractivity contribution in [2.24, 2.45) is 5.41 Å². The molecular weight excluding hydrogens is 461 g/mol. The van der Waals surface area contributed by atoms with Gasteiger partial charge in [0.15, 0.2) is 0 Å². The monoisotopic (exact) mass is 483 g/mol. The molecule has 3 rings (SSSR count). The Balaban J connectivity index is 2.02. The standard InChI is InChI=1S/C21H23Cl2N3O4S/c1-14-5-7-18(8-6-14)31(27,28)30-19(21(2,3)4)20(26-13-24-12-25-26)29-17-10-15(22)9-16(23)11-17/h5-13,19-20H,1-4H3. The van der Waals surface area contributed by atoms with Crippen molar-refractivity contribution in [1.29, 1.82) is 0 Å². The van der Waals surface area contributed by atoms with E-state index in [-0.39, 0.29) is 4.90 Å². The summed E-state index contributed by atoms with van der Waals surface area (Å²) in [5.41, 5.74) is 0.268. The molecule has 1 aromatic heterocycles. The van der Waals surface area contributed by atoms with Gasteiger partial charge < -0.3 is 4.74 Å². The number of nitrogens with zero attached hydrogens (tertiary/aromatic N) is 3. The van der Waals surface area contributed by atoms with Crippen LogP contribution < -0.4 is 4.74 Å². The topological polar surface area (TPSA) is 83.3 Å². The maximum Gasteiger partial charge on any atom is 0.297 e. The fraction of sp³-hybridized carbons (Fsp3) is 0.333. The van der Waals surface area contributed by atoms with Crippen molar-refractivity contribution in [1.82, 2.24) is 14.8 Å². The second kappa shape index (κ2) is 9.16. The predicted molar refractivity (Wildman–Crippen MR) is 119 cm³/mol. The maximum atomic E-state index is 13.1. The SMILES string of the molecule is Cc1ccc(S(=O)(=O)OC(C(Oc2cc(Cl)cc(Cl)c2)n2cncn2)C(C)(C)C)cc1. The summed E-state index contributed by atoms with van der Waals surface area (Å²) >= 11 is 12.2. The molecule has 0 amide bonds. The zero-order valence-electron chi connectivity index (χ0n) is 17.5. The number of halogens is 2. The first-order valence-electron chi connectivity index (χ1n) is 9.42. The van der Waals surface area contributed by atoms with Crippen molar-refractivity contribution >= 4 is 33.3 Å². The average molecular weight is 484 g/mol. The number of aromatic nitrogens is 3. The van der Waals surface area contributed by atoms with Crippen molar-refractivity contribution in [2.45, 2.75) is 44.9 Å². The molecule has 0 aliphatic rings. The van der Waals surface area contributed by atoms with Gasteiger partial charge >= 0.3 is 0 Å². The summed E-state index contributed by atoms with van der Waals surface area (Å²) in [6.45, 7) is 7.42. The lowest BCUT2D eigenvalue weighted by Crippen LogP contribution is -2.42. The lowest BCUT2D eigenvalue weighted by Gasteiger charge is -2.35. The lowest BCUT2D eigenvalue weighted by atomic mass is 9.88. The molecule has 0 aliphatic carbocycles. The van der Waals surface area contributed by atoms with E-state index in [1.165, 1.54) is 29.5 Å². The van der Waals surface area contributed by atoms with E-state index in [0.29, 0.717) is 15.8 Å². The minimum Gasteiger partial charge on any atom is -0.466 e. The van der Waals surface area contributed by atoms with Gasteiger partial charge in [0.2, 0.25) is 6.23 Å². The highest BCUT2D eigenvalue weighted by Gasteiger charge is 2.41. The fourth-order valence-electron chi connectivity index (χ4n) is 2.86. The average Bonchev–Trinajstić information content (AvgIpc) is 3.18. The van der Waals surface area contributed by atoms with Crippen LogP contribution in [0, 0.1) is 12.3 Å². The maximum absolute atomic E-state index is 13.1. The van der Waals surface area contributed by atoms with Gasteiger partial charge in [0.05, 0.1) is 4.90 Å². The normalized spacial score (nSPS) is 14.3. The van der Waals surface area contributed by atoms with Crippen LogP contribution in [0.3, 0.4) is 0 Å². The van der Waals surface area contributed by atoms with E-state index < -0.39 is 27.9 Å². The van der Waals surface area contributed by atoms with Crippen LogP contribution in [-0.4, -0.2) is 29.3 Å². The van der Waals surface area contributed by atoms with E-state index in [1.54, 1.807) is 30.3 Å². The smallest absolute Gasteiger partial charge is 0.297 e. The molecule has 1 heterocycles. The van der Waals surface area contributed by atoms with Gasteiger partial charge in [0, 0.05) is 10.0 Å². The van der Waals surface area contributed by atoms with Crippen molar-refractivity contribution in [3.63, 3.8) is 0 Å². The molecule has 10 heteroatoms. The van der Waals surface area contributed by atoms with E-state index in [2.05, 4.69) is 10.1 Å². The minimum absolute atomic E-state index is 0.0514. The molecule has 3 aromatic rings. The molecule has 0 saturated carbocycles. The predicted octanol–water partition coefficient (Wildman–Crippen LogP) is 5.29. The Bertz CT molecular complexity index is 1110. The number of hydrogen-bond donors (Lipinski definition) is 0. The molecule has 166 valence electrons. The Morgan fingerprint density at radius 2 is 1.65 bits per heavy atom. The van der Waals surface area contributed by atoms with Crippen molar-refractivity contribution in [2.75, 3.05) is 0 Å². The molecular formula is C21H23Cl2N3O4S. The van der Waals surface area contributed by atoms with E-state index in [0.717, 1.165) is 5.56 Å². The van der Waals surface area contributed by atoms with Crippen LogP contribution in [0.25, 0.3) is 0 Å². The molecule has 2 aromatic carbocycles. The first-order valence-corrected chi connectivity index (χ1v) is 11.6. The molecule has 0 spiro atoms. The fourth-order valence-corrected chi connectivity index (χ4v) is 4.60. The number of aryl methyl sites for hydroxylation is 1. The van der Waals surface area contributed by atoms with E-state index in [9.17, 15) is 8.42 Å². The Hall–Kier alpha value is -2.13. The van der Waals surface area contributed by atoms with Crippen molar-refractivity contribution in [3.8, 4) is 5.75 Å². The first kappa shape index (κ1) is 23.5. The molecule has 31 heavy (non-hydrogen) atoms. The second-order valence-electron chi connectivity index (χ2n) is 8.14. The molecule has 7 nitrogen and oxygen atoms in total. The van der Waals surface area contributed by atoms with E-state index in [4.69, 9.17) is 32.1 Å². The summed E-state index contributed by atoms with van der Waals surface area (Å²) in [4.78, 5) is 4.01. The Morgan fingerprint density at radius 3 is 2.16 bits per heavy atom. The molecule has 2 atom stereocenters. The highest BCUT2D eigenvalue weighted by atomic mass is 35.5. The van der Waals surface area contributed by atoms with Crippen molar-refractivity contribution < 1.29 is 17.3 Å². The van der Waals surface area contributed by atoms with Crippen LogP contribution in [0.5, 0.6) is 5.75 Å². The van der Waals surface area contributed by atoms with Gasteiger partial charge in [-0.1, -0.05) is 61.7 Å². The van der Waals surface area contributed by atoms with E-state index in [1.807, 2.05) is 27.7 Å². The highest BCUT2D eigenvalue weighted by molar-refractivity contribution is 7.86. The van der Waals surface area contributed by atoms with Crippen LogP contribution in [0.4, 0.5) is 0 Å². The molecule has 0 saturated heterocycles. The highest BCUT2D eigenvalue weighted by Crippen LogP contribution is 2.36. The summed E-state index contributed by atoms with van der Waals surface area (Å²) in [6.07, 6.45) is 0.808. The molecule has 2 unspecified atom stereocenters. The van der Waals surface area contributed by atoms with Gasteiger partial charge in [0.1, 0.15) is 24.5 Å². The van der Waals surface area contributed by atoms with Crippen molar-refractivity contribution in [3.05, 3.63) is 70.7 Å². The summed E-state index contributed by atoms with van der Waals surface area (Å²) in [7, 11) is -4.10. The Morgan fingerprint density at radius 1 is 1.03 bits per heavy atom. The number of benzene rings is 2. The summed E-state index contributed by atoms with van der Waals surface area (Å²) in [6, 6.07) is 11.2. The third-order valence-corrected chi connectivity index (χ3v) is 6.19. The lowest BCUT2D eigenvalue weighted by molar-refractivity contribution is -0.0541. The van der Waals surface area contributed by atoms with Crippen LogP contribution >= 0.6 is 23.2 Å². The second-order valence-corrected chi connectivity index (χ2v) is 10.6. The molecule has 0 N–H and O–H groups in total. The molecule has 0 radical (unpaired) electrons. The number of rotatable bonds is 7. The summed E-state index contributed by atoms with van der Waals surface area (Å²) in [5.74, 6) is 0.337. The van der Waals surface area contributed by atoms with E-state index >= 15 is 0 Å². The van der Waals surface area contributed by atoms with Gasteiger partial charge in [-0.2, -0.15) is 13.5 Å². The van der Waals surface area contributed by atoms with Crippen LogP contribution in [-0.2, 0) is 14.3 Å². The van der Waals surface area contributed by atoms with Gasteiger partial charge in [-0.15, -0.1) is 0 Å². The van der Waals surface area contributed by atoms with Gasteiger partial charge in [0.25, 0.3) is 10.1 Å². The number of ether oxygens (including phenoxy) is 1. The summed E-state index contributed by atoms with van der Waals surface area (Å²) in [5, 5.41) is 4.90. The van der Waals surface area contributed by atoms with Crippen LogP contribution in [0.15, 0.2) is 60.0 Å². The largest absolute Gasteiger partial charge is 0.466 e. The third-order valence-electron chi connectivity index (χ3n) is 4.44. The summed E-state index contributed by atoms with van der Waals surface area (Å²) < 4.78 is 39.4. The molecule has 0 fully saturated rings. The molecule has 0 aliphatic heterocycles.